The third-order valence-electron chi connectivity index (χ3n) is 6.19. The number of ether oxygens (including phenoxy) is 1. The highest BCUT2D eigenvalue weighted by molar-refractivity contribution is 5.83. The van der Waals surface area contributed by atoms with Crippen LogP contribution in [0.15, 0.2) is 6.33 Å². The van der Waals surface area contributed by atoms with Gasteiger partial charge in [0.05, 0.1) is 6.33 Å². The smallest absolute Gasteiger partial charge is 0.252 e. The molecule has 1 amide bonds. The molecule has 4 rings (SSSR count). The van der Waals surface area contributed by atoms with Crippen LogP contribution in [0.5, 0.6) is 0 Å². The fraction of sp³-hybridized carbons (Fsp3) is 0.636. The molecular weight excluding hydrogens is 428 g/mol. The Morgan fingerprint density at radius 1 is 1.33 bits per heavy atom. The third kappa shape index (κ3) is 4.52. The molecule has 5 atom stereocenters. The highest BCUT2D eigenvalue weighted by Gasteiger charge is 2.47. The van der Waals surface area contributed by atoms with Gasteiger partial charge in [-0.1, -0.05) is 19.8 Å². The number of carbonyl (C=O) groups is 1. The summed E-state index contributed by atoms with van der Waals surface area (Å²) >= 11 is 0. The Morgan fingerprint density at radius 3 is 2.79 bits per heavy atom. The molecular formula is C22H30N6O5. The summed E-state index contributed by atoms with van der Waals surface area (Å²) in [5.41, 5.74) is 5.41. The standard InChI is InChI=1S/C22H30N6O5/c1-4-24-19(31)16-14(29)15(30)20(33-16)28-11-25-13-17(23)26-12(27-18(13)28)6-9-22(32)8-5-7-21(2,3)10-22/h11,14-16,20,29-30,32H,4-5,7-8,10H2,1-3H3,(H,24,31)(H2,23,26,27)/t14?,15?,16?,20?,22-/m1/s1. The van der Waals surface area contributed by atoms with Crippen molar-refractivity contribution in [2.24, 2.45) is 5.41 Å². The zero-order chi connectivity index (χ0) is 24.0. The fourth-order valence-corrected chi connectivity index (χ4v) is 4.67. The number of nitrogen functional groups attached to an aromatic ring is 1. The van der Waals surface area contributed by atoms with Crippen LogP contribution < -0.4 is 11.1 Å². The second kappa shape index (κ2) is 8.53. The second-order valence-corrected chi connectivity index (χ2v) is 9.56. The summed E-state index contributed by atoms with van der Waals surface area (Å²) < 4.78 is 7.05. The molecule has 33 heavy (non-hydrogen) atoms. The number of nitrogens with zero attached hydrogens (tertiary/aromatic N) is 4. The van der Waals surface area contributed by atoms with Crippen molar-refractivity contribution < 1.29 is 24.9 Å². The topological polar surface area (TPSA) is 169 Å². The van der Waals surface area contributed by atoms with Crippen LogP contribution in [-0.2, 0) is 9.53 Å². The van der Waals surface area contributed by atoms with Gasteiger partial charge in [-0.05, 0) is 43.9 Å². The van der Waals surface area contributed by atoms with E-state index < -0.39 is 36.0 Å². The SMILES string of the molecule is CCNC(=O)C1OC(n2cnc3c(N)nc(C#C[C@]4(O)CCCC(C)(C)C4)nc32)C(O)C1O. The summed E-state index contributed by atoms with van der Waals surface area (Å²) in [6, 6.07) is 0. The van der Waals surface area contributed by atoms with Gasteiger partial charge in [-0.15, -0.1) is 0 Å². The molecule has 0 spiro atoms. The Balaban J connectivity index is 1.66. The quantitative estimate of drug-likeness (QED) is 0.393. The first kappa shape index (κ1) is 23.4. The predicted octanol–water partition coefficient (Wildman–Crippen LogP) is -0.153. The van der Waals surface area contributed by atoms with Crippen LogP contribution in [0.1, 0.15) is 58.5 Å². The van der Waals surface area contributed by atoms with E-state index in [0.29, 0.717) is 19.4 Å². The Bertz CT molecular complexity index is 1120. The minimum absolute atomic E-state index is 0.0124. The zero-order valence-electron chi connectivity index (χ0n) is 18.9. The molecule has 1 aliphatic heterocycles. The summed E-state index contributed by atoms with van der Waals surface area (Å²) in [5, 5.41) is 34.4. The molecule has 2 aromatic heterocycles. The van der Waals surface area contributed by atoms with E-state index in [1.165, 1.54) is 10.9 Å². The van der Waals surface area contributed by atoms with Gasteiger partial charge in [-0.2, -0.15) is 0 Å². The zero-order valence-corrected chi connectivity index (χ0v) is 18.9. The molecule has 3 heterocycles. The first-order valence-corrected chi connectivity index (χ1v) is 11.1. The summed E-state index contributed by atoms with van der Waals surface area (Å²) in [6.45, 7) is 6.31. The van der Waals surface area contributed by atoms with Crippen LogP contribution in [-0.4, -0.2) is 71.2 Å². The lowest BCUT2D eigenvalue weighted by Gasteiger charge is -2.38. The molecule has 11 nitrogen and oxygen atoms in total. The molecule has 0 bridgehead atoms. The van der Waals surface area contributed by atoms with Crippen molar-refractivity contribution in [2.45, 2.75) is 76.6 Å². The maximum atomic E-state index is 12.2. The Hall–Kier alpha value is -2.78. The van der Waals surface area contributed by atoms with E-state index in [1.807, 2.05) is 0 Å². The summed E-state index contributed by atoms with van der Waals surface area (Å²) in [7, 11) is 0. The number of anilines is 1. The number of nitrogens with one attached hydrogen (secondary N) is 1. The van der Waals surface area contributed by atoms with Gasteiger partial charge in [0, 0.05) is 6.54 Å². The van der Waals surface area contributed by atoms with E-state index in [9.17, 15) is 20.1 Å². The van der Waals surface area contributed by atoms with Gasteiger partial charge in [0.25, 0.3) is 5.91 Å². The summed E-state index contributed by atoms with van der Waals surface area (Å²) in [6.07, 6.45) is -0.820. The number of aromatic nitrogens is 4. The van der Waals surface area contributed by atoms with E-state index in [2.05, 4.69) is 46.0 Å². The third-order valence-corrected chi connectivity index (χ3v) is 6.19. The van der Waals surface area contributed by atoms with E-state index in [-0.39, 0.29) is 28.2 Å². The Morgan fingerprint density at radius 2 is 2.09 bits per heavy atom. The van der Waals surface area contributed by atoms with Gasteiger partial charge in [-0.3, -0.25) is 9.36 Å². The van der Waals surface area contributed by atoms with E-state index in [0.717, 1.165) is 12.8 Å². The number of fused-ring (bicyclic) bond motifs is 1. The van der Waals surface area contributed by atoms with Crippen molar-refractivity contribution in [3.8, 4) is 11.8 Å². The Kier molecular flexibility index (Phi) is 6.05. The number of aliphatic hydroxyl groups excluding tert-OH is 2. The molecule has 1 saturated heterocycles. The molecule has 0 radical (unpaired) electrons. The lowest BCUT2D eigenvalue weighted by atomic mass is 9.70. The molecule has 178 valence electrons. The lowest BCUT2D eigenvalue weighted by Crippen LogP contribution is -2.42. The molecule has 0 aromatic carbocycles. The highest BCUT2D eigenvalue weighted by atomic mass is 16.6. The van der Waals surface area contributed by atoms with Crippen molar-refractivity contribution >= 4 is 22.9 Å². The molecule has 11 heteroatoms. The molecule has 2 aromatic rings. The number of amides is 1. The molecule has 2 aliphatic rings. The predicted molar refractivity (Wildman–Crippen MR) is 118 cm³/mol. The normalized spacial score (nSPS) is 31.2. The van der Waals surface area contributed by atoms with Crippen LogP contribution in [0.4, 0.5) is 5.82 Å². The maximum absolute atomic E-state index is 12.2. The van der Waals surface area contributed by atoms with Gasteiger partial charge in [-0.25, -0.2) is 15.0 Å². The summed E-state index contributed by atoms with van der Waals surface area (Å²) in [5.74, 6) is 5.39. The lowest BCUT2D eigenvalue weighted by molar-refractivity contribution is -0.137. The minimum Gasteiger partial charge on any atom is -0.387 e. The number of carbonyl (C=O) groups excluding carboxylic acids is 1. The van der Waals surface area contributed by atoms with Gasteiger partial charge in [0.15, 0.2) is 23.8 Å². The molecule has 6 N–H and O–H groups in total. The van der Waals surface area contributed by atoms with Crippen LogP contribution in [0.2, 0.25) is 0 Å². The number of hydrogen-bond donors (Lipinski definition) is 5. The molecule has 1 saturated carbocycles. The molecule has 1 aliphatic carbocycles. The first-order valence-electron chi connectivity index (χ1n) is 11.1. The number of nitrogens with two attached hydrogens (primary N) is 1. The Labute approximate surface area is 191 Å². The van der Waals surface area contributed by atoms with Crippen LogP contribution >= 0.6 is 0 Å². The van der Waals surface area contributed by atoms with Gasteiger partial charge < -0.3 is 31.1 Å². The van der Waals surface area contributed by atoms with E-state index >= 15 is 0 Å². The number of likely N-dealkylation sites (N-methyl/N-ethyl adjacent to an activating group) is 1. The average Bonchev–Trinajstić information content (AvgIpc) is 3.27. The van der Waals surface area contributed by atoms with Crippen molar-refractivity contribution in [3.63, 3.8) is 0 Å². The van der Waals surface area contributed by atoms with Crippen molar-refractivity contribution in [2.75, 3.05) is 12.3 Å². The fourth-order valence-electron chi connectivity index (χ4n) is 4.67. The average molecular weight is 459 g/mol. The van der Waals surface area contributed by atoms with Gasteiger partial charge in [0.2, 0.25) is 5.82 Å². The monoisotopic (exact) mass is 458 g/mol. The number of imidazole rings is 1. The summed E-state index contributed by atoms with van der Waals surface area (Å²) in [4.78, 5) is 25.0. The van der Waals surface area contributed by atoms with Crippen molar-refractivity contribution in [1.82, 2.24) is 24.8 Å². The molecule has 2 fully saturated rings. The first-order chi connectivity index (χ1) is 15.5. The van der Waals surface area contributed by atoms with Gasteiger partial charge in [0.1, 0.15) is 23.3 Å². The number of aliphatic hydroxyl groups is 3. The number of rotatable bonds is 3. The van der Waals surface area contributed by atoms with Crippen LogP contribution in [0, 0.1) is 17.3 Å². The van der Waals surface area contributed by atoms with E-state index in [4.69, 9.17) is 10.5 Å². The van der Waals surface area contributed by atoms with Crippen LogP contribution in [0.3, 0.4) is 0 Å². The van der Waals surface area contributed by atoms with Crippen LogP contribution in [0.25, 0.3) is 11.2 Å². The minimum atomic E-state index is -1.43. The molecule has 4 unspecified atom stereocenters. The second-order valence-electron chi connectivity index (χ2n) is 9.56. The largest absolute Gasteiger partial charge is 0.387 e. The van der Waals surface area contributed by atoms with E-state index in [1.54, 1.807) is 6.92 Å². The van der Waals surface area contributed by atoms with Crippen molar-refractivity contribution in [1.29, 1.82) is 0 Å². The highest BCUT2D eigenvalue weighted by Crippen LogP contribution is 2.40. The van der Waals surface area contributed by atoms with Gasteiger partial charge >= 0.3 is 0 Å². The number of hydrogen-bond acceptors (Lipinski definition) is 9. The maximum Gasteiger partial charge on any atom is 0.252 e. The van der Waals surface area contributed by atoms with Crippen molar-refractivity contribution in [3.05, 3.63) is 12.2 Å².